The van der Waals surface area contributed by atoms with E-state index in [1.807, 2.05) is 72.8 Å². The van der Waals surface area contributed by atoms with Crippen molar-refractivity contribution in [2.45, 2.75) is 0 Å². The Morgan fingerprint density at radius 1 is 0.385 bits per heavy atom. The van der Waals surface area contributed by atoms with E-state index in [2.05, 4.69) is 89.5 Å². The second-order valence-electron chi connectivity index (χ2n) is 12.8. The molecule has 0 aliphatic heterocycles. The quantitative estimate of drug-likeness (QED) is 0.174. The summed E-state index contributed by atoms with van der Waals surface area (Å²) in [4.78, 5) is 15.4. The topological polar surface area (TPSA) is 69.9 Å². The van der Waals surface area contributed by atoms with Gasteiger partial charge in [-0.1, -0.05) is 115 Å². The molecular formula is C46H29N4O2-. The van der Waals surface area contributed by atoms with Gasteiger partial charge in [0.2, 0.25) is 5.95 Å². The summed E-state index contributed by atoms with van der Waals surface area (Å²) in [6.45, 7) is 0. The zero-order chi connectivity index (χ0) is 33.5. The van der Waals surface area contributed by atoms with Gasteiger partial charge in [-0.15, -0.1) is 0 Å². The fourth-order valence-electron chi connectivity index (χ4n) is 7.62. The van der Waals surface area contributed by atoms with E-state index in [9.17, 15) is 0 Å². The maximum absolute atomic E-state index is 6.49. The van der Waals surface area contributed by atoms with Crippen LogP contribution in [-0.2, 0) is 0 Å². The predicted molar refractivity (Wildman–Crippen MR) is 211 cm³/mol. The Bertz CT molecular complexity index is 3140. The van der Waals surface area contributed by atoms with Gasteiger partial charge in [0.05, 0.1) is 11.0 Å². The molecule has 0 atom stereocenters. The fourth-order valence-corrected chi connectivity index (χ4v) is 7.62. The first kappa shape index (κ1) is 29.8. The van der Waals surface area contributed by atoms with Gasteiger partial charge >= 0.3 is 0 Å². The van der Waals surface area contributed by atoms with Gasteiger partial charge in [-0.3, -0.25) is 4.57 Å². The summed E-state index contributed by atoms with van der Waals surface area (Å²) in [6, 6.07) is 53.8. The highest BCUT2D eigenvalue weighted by Crippen LogP contribution is 2.42. The first-order valence-corrected chi connectivity index (χ1v) is 16.9. The van der Waals surface area contributed by atoms with Crippen molar-refractivity contribution in [1.82, 2.24) is 19.5 Å². The Morgan fingerprint density at radius 2 is 1.02 bits per heavy atom. The normalized spacial score (nSPS) is 11.7. The van der Waals surface area contributed by atoms with Crippen molar-refractivity contribution in [1.29, 1.82) is 0 Å². The molecule has 0 fully saturated rings. The van der Waals surface area contributed by atoms with Gasteiger partial charge in [-0.25, -0.2) is 4.98 Å². The molecule has 0 N–H and O–H groups in total. The third kappa shape index (κ3) is 4.41. The number of aromatic nitrogens is 4. The molecule has 7 aromatic carbocycles. The van der Waals surface area contributed by atoms with Crippen molar-refractivity contribution < 1.29 is 8.83 Å². The maximum atomic E-state index is 6.49. The Balaban J connectivity index is 0.00000338. The minimum atomic E-state index is 0. The molecule has 0 saturated carbocycles. The van der Waals surface area contributed by atoms with Gasteiger partial charge < -0.3 is 16.3 Å². The van der Waals surface area contributed by atoms with E-state index in [4.69, 9.17) is 23.8 Å². The van der Waals surface area contributed by atoms with Crippen LogP contribution in [0.1, 0.15) is 0 Å². The van der Waals surface area contributed by atoms with E-state index < -0.39 is 0 Å². The lowest BCUT2D eigenvalue weighted by Gasteiger charge is -2.11. The molecule has 0 radical (unpaired) electrons. The zero-order valence-electron chi connectivity index (χ0n) is 28.1. The number of furan rings is 2. The van der Waals surface area contributed by atoms with E-state index in [0.29, 0.717) is 17.6 Å². The summed E-state index contributed by atoms with van der Waals surface area (Å²) >= 11 is 0. The van der Waals surface area contributed by atoms with Gasteiger partial charge in [-0.2, -0.15) is 9.97 Å². The first-order valence-electron chi connectivity index (χ1n) is 16.9. The molecule has 11 rings (SSSR count). The summed E-state index contributed by atoms with van der Waals surface area (Å²) in [5, 5.41) is 6.51. The summed E-state index contributed by atoms with van der Waals surface area (Å²) < 4.78 is 14.9. The lowest BCUT2D eigenvalue weighted by Crippen LogP contribution is -2.06. The lowest BCUT2D eigenvalue weighted by molar-refractivity contribution is 0.669. The Kier molecular flexibility index (Phi) is 6.60. The Morgan fingerprint density at radius 3 is 1.85 bits per heavy atom. The highest BCUT2D eigenvalue weighted by Gasteiger charge is 2.22. The van der Waals surface area contributed by atoms with Crippen molar-refractivity contribution in [2.24, 2.45) is 0 Å². The van der Waals surface area contributed by atoms with Gasteiger partial charge in [0.15, 0.2) is 11.6 Å². The number of para-hydroxylation sites is 2. The molecule has 0 saturated heterocycles. The number of benzene rings is 7. The average Bonchev–Trinajstić information content (AvgIpc) is 3.87. The standard InChI is InChI=1S/C45H26N4O2.CH3/c1-3-12-27(13-4-1)30-18-11-21-37-40(30)33-23-22-29(26-39(33)51-37)44-46-43(28-14-5-2-6-15-28)47-45(48-44)49-34-19-9-7-16-31(34)41-35(49)24-25-38-42(41)32-17-8-10-20-36(32)50-38;/h1-26H;1H3/q;-1. The molecule has 0 aliphatic carbocycles. The van der Waals surface area contributed by atoms with Crippen LogP contribution in [0, 0.1) is 7.43 Å². The predicted octanol–water partition coefficient (Wildman–Crippen LogP) is 12.2. The van der Waals surface area contributed by atoms with Crippen LogP contribution < -0.4 is 0 Å². The summed E-state index contributed by atoms with van der Waals surface area (Å²) in [5.41, 5.74) is 9.36. The monoisotopic (exact) mass is 669 g/mol. The van der Waals surface area contributed by atoms with Gasteiger partial charge in [-0.05, 0) is 53.6 Å². The van der Waals surface area contributed by atoms with Crippen LogP contribution in [-0.4, -0.2) is 19.5 Å². The van der Waals surface area contributed by atoms with Crippen LogP contribution in [0.4, 0.5) is 0 Å². The molecule has 0 bridgehead atoms. The highest BCUT2D eigenvalue weighted by molar-refractivity contribution is 6.27. The zero-order valence-corrected chi connectivity index (χ0v) is 28.1. The third-order valence-corrected chi connectivity index (χ3v) is 9.87. The third-order valence-electron chi connectivity index (χ3n) is 9.87. The number of hydrogen-bond donors (Lipinski definition) is 0. The van der Waals surface area contributed by atoms with Gasteiger partial charge in [0.25, 0.3) is 0 Å². The van der Waals surface area contributed by atoms with Crippen LogP contribution in [0.2, 0.25) is 0 Å². The van der Waals surface area contributed by atoms with Crippen molar-refractivity contribution >= 4 is 65.7 Å². The highest BCUT2D eigenvalue weighted by atomic mass is 16.3. The molecule has 11 aromatic rings. The summed E-state index contributed by atoms with van der Waals surface area (Å²) in [6.07, 6.45) is 0. The molecule has 4 heterocycles. The molecule has 0 aliphatic rings. The second kappa shape index (κ2) is 11.5. The molecule has 6 nitrogen and oxygen atoms in total. The molecule has 4 aromatic heterocycles. The van der Waals surface area contributed by atoms with Crippen LogP contribution in [0.3, 0.4) is 0 Å². The SMILES string of the molecule is [CH3-].c1ccc(-c2nc(-c3ccc4c(c3)oc3cccc(-c5ccccc5)c34)nc(-n3c4ccccc4c4c5c(ccc43)oc3ccccc35)n2)cc1. The van der Waals surface area contributed by atoms with E-state index in [1.165, 1.54) is 0 Å². The van der Waals surface area contributed by atoms with Crippen LogP contribution >= 0.6 is 0 Å². The van der Waals surface area contributed by atoms with E-state index >= 15 is 0 Å². The second-order valence-corrected chi connectivity index (χ2v) is 12.8. The average molecular weight is 670 g/mol. The van der Waals surface area contributed by atoms with Crippen molar-refractivity contribution in [2.75, 3.05) is 0 Å². The smallest absolute Gasteiger partial charge is 0.238 e. The van der Waals surface area contributed by atoms with Crippen molar-refractivity contribution in [3.8, 4) is 39.9 Å². The number of fused-ring (bicyclic) bond motifs is 10. The number of rotatable bonds is 4. The molecule has 0 unspecified atom stereocenters. The molecular weight excluding hydrogens is 641 g/mol. The largest absolute Gasteiger partial charge is 0.456 e. The maximum Gasteiger partial charge on any atom is 0.238 e. The van der Waals surface area contributed by atoms with Crippen molar-refractivity contribution in [3.05, 3.63) is 165 Å². The van der Waals surface area contributed by atoms with Gasteiger partial charge in [0.1, 0.15) is 22.3 Å². The lowest BCUT2D eigenvalue weighted by atomic mass is 9.99. The van der Waals surface area contributed by atoms with Gasteiger partial charge in [0, 0.05) is 43.4 Å². The number of hydrogen-bond acceptors (Lipinski definition) is 5. The first-order chi connectivity index (χ1) is 25.3. The molecule has 0 spiro atoms. The molecule has 52 heavy (non-hydrogen) atoms. The van der Waals surface area contributed by atoms with E-state index in [-0.39, 0.29) is 7.43 Å². The minimum absolute atomic E-state index is 0. The van der Waals surface area contributed by atoms with Crippen LogP contribution in [0.15, 0.2) is 167 Å². The van der Waals surface area contributed by atoms with Crippen LogP contribution in [0.5, 0.6) is 0 Å². The Hall–Kier alpha value is -7.05. The molecule has 6 heteroatoms. The van der Waals surface area contributed by atoms with E-state index in [1.54, 1.807) is 0 Å². The Labute approximate surface area is 298 Å². The fraction of sp³-hybridized carbons (Fsp3) is 0. The van der Waals surface area contributed by atoms with Crippen molar-refractivity contribution in [3.63, 3.8) is 0 Å². The molecule has 0 amide bonds. The number of nitrogens with zero attached hydrogens (tertiary/aromatic N) is 4. The summed E-state index contributed by atoms with van der Waals surface area (Å²) in [5.74, 6) is 1.69. The summed E-state index contributed by atoms with van der Waals surface area (Å²) in [7, 11) is 0. The van der Waals surface area contributed by atoms with E-state index in [0.717, 1.165) is 87.9 Å². The molecule has 246 valence electrons. The van der Waals surface area contributed by atoms with Crippen LogP contribution in [0.25, 0.3) is 106 Å². The minimum Gasteiger partial charge on any atom is -0.456 e.